The Hall–Kier alpha value is -1.43. The zero-order chi connectivity index (χ0) is 8.67. The number of benzene rings is 2. The predicted octanol–water partition coefficient (Wildman–Crippen LogP) is 3.35. The van der Waals surface area contributed by atoms with Crippen LogP contribution in [0.15, 0.2) is 36.4 Å². The second kappa shape index (κ2) is 2.53. The Bertz CT molecular complexity index is 416. The van der Waals surface area contributed by atoms with E-state index in [1.807, 2.05) is 0 Å². The normalized spacial score (nSPS) is 14.2. The second-order valence-corrected chi connectivity index (χ2v) is 3.44. The lowest BCUT2D eigenvalue weighted by atomic mass is 9.89. The van der Waals surface area contributed by atoms with Gasteiger partial charge in [0.15, 0.2) is 0 Å². The van der Waals surface area contributed by atoms with Gasteiger partial charge in [-0.05, 0) is 24.3 Å². The van der Waals surface area contributed by atoms with Crippen LogP contribution in [0.2, 0.25) is 0 Å². The smallest absolute Gasteiger partial charge is 0.0590 e. The van der Waals surface area contributed by atoms with Gasteiger partial charge in [0.25, 0.3) is 0 Å². The van der Waals surface area contributed by atoms with Crippen LogP contribution in [-0.2, 0) is 0 Å². The molecule has 0 atom stereocenters. The Morgan fingerprint density at radius 3 is 2.77 bits per heavy atom. The van der Waals surface area contributed by atoms with E-state index in [9.17, 15) is 0 Å². The van der Waals surface area contributed by atoms with E-state index < -0.39 is 0 Å². The molecule has 0 N–H and O–H groups in total. The van der Waals surface area contributed by atoms with Crippen molar-refractivity contribution < 1.29 is 0 Å². The molecule has 3 rings (SSSR count). The van der Waals surface area contributed by atoms with Crippen molar-refractivity contribution in [1.29, 1.82) is 0 Å². The second-order valence-electron chi connectivity index (χ2n) is 3.44. The third kappa shape index (κ3) is 0.951. The van der Waals surface area contributed by atoms with Gasteiger partial charge in [0.2, 0.25) is 0 Å². The summed E-state index contributed by atoms with van der Waals surface area (Å²) in [5, 5.41) is 2.76. The van der Waals surface area contributed by atoms with E-state index in [1.54, 1.807) is 0 Å². The SMILES string of the molecule is [CH]1C[CH+]c2cccc3cccc1c23. The highest BCUT2D eigenvalue weighted by Crippen LogP contribution is 2.31. The number of hydrogen-bond acceptors (Lipinski definition) is 0. The van der Waals surface area contributed by atoms with Crippen LogP contribution in [0.1, 0.15) is 17.5 Å². The molecule has 1 aliphatic carbocycles. The first-order chi connectivity index (χ1) is 6.45. The van der Waals surface area contributed by atoms with Crippen molar-refractivity contribution in [3.8, 4) is 0 Å². The van der Waals surface area contributed by atoms with E-state index in [1.165, 1.54) is 21.9 Å². The fraction of sp³-hybridized carbons (Fsp3) is 0.0769. The summed E-state index contributed by atoms with van der Waals surface area (Å²) in [5.74, 6) is 0. The standard InChI is InChI=1S/C13H10/c1-4-10-6-2-8-12-9-3-7-11(5-1)13(10)12/h1-2,4-9H,3H2/q+1. The molecular weight excluding hydrogens is 156 g/mol. The highest BCUT2D eigenvalue weighted by atomic mass is 14.1. The van der Waals surface area contributed by atoms with E-state index in [4.69, 9.17) is 0 Å². The predicted molar refractivity (Wildman–Crippen MR) is 55.4 cm³/mol. The zero-order valence-corrected chi connectivity index (χ0v) is 7.33. The van der Waals surface area contributed by atoms with Crippen LogP contribution in [0, 0.1) is 12.8 Å². The average molecular weight is 166 g/mol. The third-order valence-corrected chi connectivity index (χ3v) is 2.64. The first-order valence-corrected chi connectivity index (χ1v) is 4.63. The Balaban J connectivity index is 2.49. The molecule has 0 nitrogen and oxygen atoms in total. The number of rotatable bonds is 0. The fourth-order valence-electron chi connectivity index (χ4n) is 2.05. The van der Waals surface area contributed by atoms with Crippen LogP contribution in [0.4, 0.5) is 0 Å². The molecule has 0 amide bonds. The summed E-state index contributed by atoms with van der Waals surface area (Å²) in [6.07, 6.45) is 5.64. The topological polar surface area (TPSA) is 0 Å². The van der Waals surface area contributed by atoms with Gasteiger partial charge in [-0.15, -0.1) is 0 Å². The fourth-order valence-corrected chi connectivity index (χ4v) is 2.05. The van der Waals surface area contributed by atoms with E-state index >= 15 is 0 Å². The molecule has 0 spiro atoms. The average Bonchev–Trinajstić information content (AvgIpc) is 2.19. The van der Waals surface area contributed by atoms with Crippen molar-refractivity contribution in [3.05, 3.63) is 60.4 Å². The summed E-state index contributed by atoms with van der Waals surface area (Å²) in [6.45, 7) is 0. The molecule has 1 aliphatic rings. The Labute approximate surface area is 78.2 Å². The van der Waals surface area contributed by atoms with Crippen molar-refractivity contribution in [3.63, 3.8) is 0 Å². The van der Waals surface area contributed by atoms with Gasteiger partial charge in [-0.25, -0.2) is 0 Å². The van der Waals surface area contributed by atoms with Gasteiger partial charge >= 0.3 is 0 Å². The molecule has 0 saturated carbocycles. The Kier molecular flexibility index (Phi) is 1.36. The van der Waals surface area contributed by atoms with Gasteiger partial charge in [0.05, 0.1) is 5.39 Å². The highest BCUT2D eigenvalue weighted by molar-refractivity contribution is 5.91. The molecule has 13 heavy (non-hydrogen) atoms. The molecule has 0 heteroatoms. The molecule has 0 fully saturated rings. The summed E-state index contributed by atoms with van der Waals surface area (Å²) >= 11 is 0. The van der Waals surface area contributed by atoms with Gasteiger partial charge in [-0.1, -0.05) is 6.07 Å². The lowest BCUT2D eigenvalue weighted by molar-refractivity contribution is 1.13. The molecule has 2 aromatic rings. The molecule has 0 bridgehead atoms. The van der Waals surface area contributed by atoms with Crippen LogP contribution >= 0.6 is 0 Å². The van der Waals surface area contributed by atoms with Gasteiger partial charge in [0, 0.05) is 36.3 Å². The van der Waals surface area contributed by atoms with Crippen LogP contribution in [0.5, 0.6) is 0 Å². The van der Waals surface area contributed by atoms with E-state index in [0.29, 0.717) is 0 Å². The monoisotopic (exact) mass is 166 g/mol. The van der Waals surface area contributed by atoms with E-state index in [0.717, 1.165) is 6.42 Å². The van der Waals surface area contributed by atoms with Crippen LogP contribution in [0.3, 0.4) is 0 Å². The van der Waals surface area contributed by atoms with Crippen molar-refractivity contribution in [2.24, 2.45) is 0 Å². The summed E-state index contributed by atoms with van der Waals surface area (Å²) in [7, 11) is 0. The Morgan fingerprint density at radius 1 is 1.00 bits per heavy atom. The summed E-state index contributed by atoms with van der Waals surface area (Å²) < 4.78 is 0. The molecule has 0 saturated heterocycles. The molecule has 0 unspecified atom stereocenters. The highest BCUT2D eigenvalue weighted by Gasteiger charge is 2.18. The lowest BCUT2D eigenvalue weighted by Crippen LogP contribution is -1.96. The summed E-state index contributed by atoms with van der Waals surface area (Å²) in [4.78, 5) is 0. The zero-order valence-electron chi connectivity index (χ0n) is 7.33. The van der Waals surface area contributed by atoms with Crippen molar-refractivity contribution in [2.75, 3.05) is 0 Å². The van der Waals surface area contributed by atoms with Crippen molar-refractivity contribution in [1.82, 2.24) is 0 Å². The minimum atomic E-state index is 1.07. The summed E-state index contributed by atoms with van der Waals surface area (Å²) in [5.41, 5.74) is 2.77. The van der Waals surface area contributed by atoms with Gasteiger partial charge in [-0.3, -0.25) is 0 Å². The van der Waals surface area contributed by atoms with Crippen LogP contribution < -0.4 is 0 Å². The molecule has 0 heterocycles. The molecule has 1 radical (unpaired) electrons. The maximum absolute atomic E-state index is 2.29. The first kappa shape index (κ1) is 7.02. The molecule has 2 aromatic carbocycles. The molecule has 0 aliphatic heterocycles. The van der Waals surface area contributed by atoms with Crippen LogP contribution in [-0.4, -0.2) is 0 Å². The van der Waals surface area contributed by atoms with Crippen LogP contribution in [0.25, 0.3) is 10.8 Å². The maximum atomic E-state index is 2.29. The van der Waals surface area contributed by atoms with Gasteiger partial charge in [0.1, 0.15) is 5.56 Å². The van der Waals surface area contributed by atoms with Gasteiger partial charge in [-0.2, -0.15) is 0 Å². The van der Waals surface area contributed by atoms with Crippen molar-refractivity contribution in [2.45, 2.75) is 6.42 Å². The third-order valence-electron chi connectivity index (χ3n) is 2.64. The number of hydrogen-bond donors (Lipinski definition) is 0. The van der Waals surface area contributed by atoms with Crippen molar-refractivity contribution >= 4 is 10.8 Å². The Morgan fingerprint density at radius 2 is 1.85 bits per heavy atom. The van der Waals surface area contributed by atoms with E-state index in [2.05, 4.69) is 49.2 Å². The minimum Gasteiger partial charge on any atom is -0.0590 e. The lowest BCUT2D eigenvalue weighted by Gasteiger charge is -2.08. The quantitative estimate of drug-likeness (QED) is 0.526. The first-order valence-electron chi connectivity index (χ1n) is 4.63. The largest absolute Gasteiger partial charge is 0.138 e. The molecule has 0 aromatic heterocycles. The molecule has 61 valence electrons. The van der Waals surface area contributed by atoms with Gasteiger partial charge < -0.3 is 0 Å². The maximum Gasteiger partial charge on any atom is 0.138 e. The minimum absolute atomic E-state index is 1.07. The summed E-state index contributed by atoms with van der Waals surface area (Å²) in [6, 6.07) is 13.0. The van der Waals surface area contributed by atoms with E-state index in [-0.39, 0.29) is 0 Å². The molecular formula is C13H10+.